The number of benzene rings is 2. The van der Waals surface area contributed by atoms with Gasteiger partial charge >= 0.3 is 0 Å². The zero-order chi connectivity index (χ0) is 18.0. The summed E-state index contributed by atoms with van der Waals surface area (Å²) in [5.41, 5.74) is 3.40. The number of hydrogen-bond acceptors (Lipinski definition) is 3. The molecule has 5 heteroatoms. The van der Waals surface area contributed by atoms with E-state index in [9.17, 15) is 4.79 Å². The standard InChI is InChI=1S/C20H19ClN2O2/c1-12(2)14-7-6-8-15(11-14)22-20(24)18-13(3)25-23-19(18)16-9-4-5-10-17(16)21/h4-12H,1-3H3,(H,22,24). The van der Waals surface area contributed by atoms with Gasteiger partial charge in [0.15, 0.2) is 0 Å². The fraction of sp³-hybridized carbons (Fsp3) is 0.200. The second-order valence-electron chi connectivity index (χ2n) is 6.18. The first-order chi connectivity index (χ1) is 12.0. The van der Waals surface area contributed by atoms with E-state index < -0.39 is 0 Å². The van der Waals surface area contributed by atoms with Gasteiger partial charge in [0, 0.05) is 11.3 Å². The van der Waals surface area contributed by atoms with Crippen LogP contribution < -0.4 is 5.32 Å². The van der Waals surface area contributed by atoms with Crippen LogP contribution in [-0.2, 0) is 0 Å². The van der Waals surface area contributed by atoms with E-state index >= 15 is 0 Å². The van der Waals surface area contributed by atoms with Crippen LogP contribution in [0.25, 0.3) is 11.3 Å². The second-order valence-corrected chi connectivity index (χ2v) is 6.58. The molecule has 3 rings (SSSR count). The van der Waals surface area contributed by atoms with Crippen LogP contribution >= 0.6 is 11.6 Å². The molecular weight excluding hydrogens is 336 g/mol. The van der Waals surface area contributed by atoms with E-state index in [1.807, 2.05) is 42.5 Å². The van der Waals surface area contributed by atoms with Crippen LogP contribution in [-0.4, -0.2) is 11.1 Å². The number of amides is 1. The van der Waals surface area contributed by atoms with E-state index in [-0.39, 0.29) is 5.91 Å². The lowest BCUT2D eigenvalue weighted by Crippen LogP contribution is -2.13. The van der Waals surface area contributed by atoms with Gasteiger partial charge in [-0.25, -0.2) is 0 Å². The molecule has 0 aliphatic carbocycles. The topological polar surface area (TPSA) is 55.1 Å². The molecule has 128 valence electrons. The molecule has 25 heavy (non-hydrogen) atoms. The Kier molecular flexibility index (Phi) is 4.91. The van der Waals surface area contributed by atoms with Crippen molar-refractivity contribution in [2.45, 2.75) is 26.7 Å². The molecule has 1 aromatic heterocycles. The van der Waals surface area contributed by atoms with Crippen molar-refractivity contribution < 1.29 is 9.32 Å². The maximum Gasteiger partial charge on any atom is 0.261 e. The highest BCUT2D eigenvalue weighted by molar-refractivity contribution is 6.33. The molecule has 0 fully saturated rings. The number of carbonyl (C=O) groups excluding carboxylic acids is 1. The Labute approximate surface area is 151 Å². The maximum absolute atomic E-state index is 12.8. The molecule has 0 saturated heterocycles. The molecule has 0 aliphatic heterocycles. The van der Waals surface area contributed by atoms with Crippen molar-refractivity contribution in [3.8, 4) is 11.3 Å². The summed E-state index contributed by atoms with van der Waals surface area (Å²) >= 11 is 6.25. The zero-order valence-electron chi connectivity index (χ0n) is 14.3. The minimum Gasteiger partial charge on any atom is -0.360 e. The third kappa shape index (κ3) is 3.59. The van der Waals surface area contributed by atoms with E-state index in [0.29, 0.717) is 33.5 Å². The summed E-state index contributed by atoms with van der Waals surface area (Å²) in [5, 5.41) is 7.48. The normalized spacial score (nSPS) is 10.9. The molecule has 1 heterocycles. The van der Waals surface area contributed by atoms with Gasteiger partial charge in [-0.3, -0.25) is 4.79 Å². The minimum absolute atomic E-state index is 0.269. The number of carbonyl (C=O) groups is 1. The largest absolute Gasteiger partial charge is 0.360 e. The smallest absolute Gasteiger partial charge is 0.261 e. The van der Waals surface area contributed by atoms with E-state index in [2.05, 4.69) is 24.3 Å². The highest BCUT2D eigenvalue weighted by Gasteiger charge is 2.23. The molecule has 3 aromatic rings. The summed E-state index contributed by atoms with van der Waals surface area (Å²) in [5.74, 6) is 0.565. The van der Waals surface area contributed by atoms with E-state index in [1.165, 1.54) is 0 Å². The Hall–Kier alpha value is -2.59. The molecule has 0 bridgehead atoms. The predicted octanol–water partition coefficient (Wildman–Crippen LogP) is 5.68. The van der Waals surface area contributed by atoms with Gasteiger partial charge in [-0.05, 0) is 36.6 Å². The van der Waals surface area contributed by atoms with Gasteiger partial charge in [-0.1, -0.05) is 60.9 Å². The Morgan fingerprint density at radius 3 is 2.64 bits per heavy atom. The van der Waals surface area contributed by atoms with Gasteiger partial charge in [0.25, 0.3) is 5.91 Å². The molecular formula is C20H19ClN2O2. The predicted molar refractivity (Wildman–Crippen MR) is 100 cm³/mol. The van der Waals surface area contributed by atoms with Crippen molar-refractivity contribution in [1.29, 1.82) is 0 Å². The fourth-order valence-corrected chi connectivity index (χ4v) is 2.87. The lowest BCUT2D eigenvalue weighted by Gasteiger charge is -2.10. The van der Waals surface area contributed by atoms with Crippen molar-refractivity contribution in [3.63, 3.8) is 0 Å². The van der Waals surface area contributed by atoms with Crippen LogP contribution in [0.5, 0.6) is 0 Å². The van der Waals surface area contributed by atoms with Gasteiger partial charge in [0.2, 0.25) is 0 Å². The molecule has 2 aromatic carbocycles. The van der Waals surface area contributed by atoms with Crippen LogP contribution in [0.4, 0.5) is 5.69 Å². The highest BCUT2D eigenvalue weighted by Crippen LogP contribution is 2.31. The monoisotopic (exact) mass is 354 g/mol. The summed E-state index contributed by atoms with van der Waals surface area (Å²) in [6.45, 7) is 5.94. The first-order valence-electron chi connectivity index (χ1n) is 8.10. The molecule has 0 saturated carbocycles. The first-order valence-corrected chi connectivity index (χ1v) is 8.47. The summed E-state index contributed by atoms with van der Waals surface area (Å²) < 4.78 is 5.26. The average molecular weight is 355 g/mol. The number of anilines is 1. The van der Waals surface area contributed by atoms with Crippen LogP contribution in [0.3, 0.4) is 0 Å². The van der Waals surface area contributed by atoms with Crippen molar-refractivity contribution in [2.24, 2.45) is 0 Å². The fourth-order valence-electron chi connectivity index (χ4n) is 2.65. The van der Waals surface area contributed by atoms with Crippen molar-refractivity contribution in [1.82, 2.24) is 5.16 Å². The van der Waals surface area contributed by atoms with Crippen LogP contribution in [0.1, 0.15) is 41.4 Å². The molecule has 0 radical (unpaired) electrons. The van der Waals surface area contributed by atoms with E-state index in [4.69, 9.17) is 16.1 Å². The number of halogens is 1. The van der Waals surface area contributed by atoms with E-state index in [1.54, 1.807) is 13.0 Å². The SMILES string of the molecule is Cc1onc(-c2ccccc2Cl)c1C(=O)Nc1cccc(C(C)C)c1. The van der Waals surface area contributed by atoms with Crippen molar-refractivity contribution in [3.05, 3.63) is 70.4 Å². The molecule has 0 spiro atoms. The highest BCUT2D eigenvalue weighted by atomic mass is 35.5. The first kappa shape index (κ1) is 17.2. The van der Waals surface area contributed by atoms with Gasteiger partial charge < -0.3 is 9.84 Å². The number of aromatic nitrogens is 1. The van der Waals surface area contributed by atoms with Gasteiger partial charge in [0.1, 0.15) is 17.0 Å². The van der Waals surface area contributed by atoms with E-state index in [0.717, 1.165) is 11.3 Å². The molecule has 0 aliphatic rings. The minimum atomic E-state index is -0.269. The quantitative estimate of drug-likeness (QED) is 0.655. The number of hydrogen-bond donors (Lipinski definition) is 1. The number of aryl methyl sites for hydroxylation is 1. The number of nitrogens with one attached hydrogen (secondary N) is 1. The van der Waals surface area contributed by atoms with Gasteiger partial charge in [-0.2, -0.15) is 0 Å². The second kappa shape index (κ2) is 7.11. The summed E-state index contributed by atoms with van der Waals surface area (Å²) in [4.78, 5) is 12.8. The molecule has 1 N–H and O–H groups in total. The summed E-state index contributed by atoms with van der Waals surface area (Å²) in [6, 6.07) is 15.1. The Morgan fingerprint density at radius 1 is 1.16 bits per heavy atom. The Bertz CT molecular complexity index is 916. The third-order valence-electron chi connectivity index (χ3n) is 4.03. The molecule has 1 amide bonds. The zero-order valence-corrected chi connectivity index (χ0v) is 15.1. The number of nitrogens with zero attached hydrogens (tertiary/aromatic N) is 1. The average Bonchev–Trinajstić information content (AvgIpc) is 2.97. The Balaban J connectivity index is 1.95. The van der Waals surface area contributed by atoms with Crippen LogP contribution in [0.2, 0.25) is 5.02 Å². The Morgan fingerprint density at radius 2 is 1.92 bits per heavy atom. The van der Waals surface area contributed by atoms with Crippen LogP contribution in [0, 0.1) is 6.92 Å². The van der Waals surface area contributed by atoms with Crippen LogP contribution in [0.15, 0.2) is 53.1 Å². The summed E-state index contributed by atoms with van der Waals surface area (Å²) in [7, 11) is 0. The molecule has 4 nitrogen and oxygen atoms in total. The lowest BCUT2D eigenvalue weighted by atomic mass is 10.0. The van der Waals surface area contributed by atoms with Crippen molar-refractivity contribution in [2.75, 3.05) is 5.32 Å². The van der Waals surface area contributed by atoms with Gasteiger partial charge in [0.05, 0.1) is 5.02 Å². The van der Waals surface area contributed by atoms with Gasteiger partial charge in [-0.15, -0.1) is 0 Å². The molecule has 0 unspecified atom stereocenters. The molecule has 0 atom stereocenters. The maximum atomic E-state index is 12.8. The lowest BCUT2D eigenvalue weighted by molar-refractivity contribution is 0.102. The third-order valence-corrected chi connectivity index (χ3v) is 4.36. The van der Waals surface area contributed by atoms with Crippen molar-refractivity contribution >= 4 is 23.2 Å². The summed E-state index contributed by atoms with van der Waals surface area (Å²) in [6.07, 6.45) is 0. The number of rotatable bonds is 4.